The van der Waals surface area contributed by atoms with Crippen LogP contribution in [0.25, 0.3) is 16.7 Å². The Kier molecular flexibility index (Phi) is 4.25. The van der Waals surface area contributed by atoms with Gasteiger partial charge >= 0.3 is 0 Å². The molecule has 30 heavy (non-hydrogen) atoms. The van der Waals surface area contributed by atoms with E-state index in [0.29, 0.717) is 11.2 Å². The maximum atomic E-state index is 12.6. The van der Waals surface area contributed by atoms with Crippen LogP contribution in [0, 0.1) is 22.7 Å². The van der Waals surface area contributed by atoms with Gasteiger partial charge in [-0.3, -0.25) is 9.20 Å². The van der Waals surface area contributed by atoms with Gasteiger partial charge in [0.1, 0.15) is 5.82 Å². The molecule has 2 aliphatic rings. The molecule has 0 atom stereocenters. The van der Waals surface area contributed by atoms with Crippen molar-refractivity contribution < 1.29 is 4.79 Å². The monoisotopic (exact) mass is 401 g/mol. The summed E-state index contributed by atoms with van der Waals surface area (Å²) in [6.45, 7) is 6.26. The van der Waals surface area contributed by atoms with Gasteiger partial charge in [-0.2, -0.15) is 5.26 Å². The molecule has 6 heteroatoms. The molecule has 1 aliphatic heterocycles. The molecule has 0 unspecified atom stereocenters. The first-order valence-corrected chi connectivity index (χ1v) is 10.8. The Labute approximate surface area is 176 Å². The lowest BCUT2D eigenvalue weighted by Gasteiger charge is -2.39. The summed E-state index contributed by atoms with van der Waals surface area (Å²) in [5, 5.41) is 9.35. The largest absolute Gasteiger partial charge is 0.365 e. The molecular weight excluding hydrogens is 374 g/mol. The zero-order valence-corrected chi connectivity index (χ0v) is 17.6. The third kappa shape index (κ3) is 2.84. The van der Waals surface area contributed by atoms with Gasteiger partial charge in [0.2, 0.25) is 0 Å². The molecule has 2 aromatic heterocycles. The summed E-state index contributed by atoms with van der Waals surface area (Å²) in [5.41, 5.74) is 11.5. The zero-order valence-electron chi connectivity index (χ0n) is 17.6. The molecule has 1 fully saturated rings. The van der Waals surface area contributed by atoms with Crippen molar-refractivity contribution in [1.29, 1.82) is 5.26 Å². The molecule has 3 heterocycles. The second-order valence-corrected chi connectivity index (χ2v) is 9.51. The zero-order chi connectivity index (χ0) is 21.0. The van der Waals surface area contributed by atoms with E-state index in [1.807, 2.05) is 18.2 Å². The predicted octanol–water partition coefficient (Wildman–Crippen LogP) is 3.84. The fraction of sp³-hybridized carbons (Fsp3) is 0.458. The molecule has 0 radical (unpaired) electrons. The van der Waals surface area contributed by atoms with Crippen LogP contribution in [0.1, 0.15) is 54.6 Å². The van der Waals surface area contributed by atoms with Gasteiger partial charge in [-0.05, 0) is 60.8 Å². The van der Waals surface area contributed by atoms with E-state index in [1.165, 1.54) is 5.56 Å². The third-order valence-corrected chi connectivity index (χ3v) is 6.86. The average Bonchev–Trinajstić information content (AvgIpc) is 3.10. The van der Waals surface area contributed by atoms with Crippen molar-refractivity contribution >= 4 is 28.4 Å². The van der Waals surface area contributed by atoms with Gasteiger partial charge in [-0.25, -0.2) is 4.98 Å². The van der Waals surface area contributed by atoms with Gasteiger partial charge in [0.05, 0.1) is 22.7 Å². The van der Waals surface area contributed by atoms with E-state index in [4.69, 9.17) is 10.7 Å². The van der Waals surface area contributed by atoms with Crippen LogP contribution in [0.2, 0.25) is 0 Å². The first-order chi connectivity index (χ1) is 14.4. The number of piperidine rings is 1. The van der Waals surface area contributed by atoms with E-state index in [0.717, 1.165) is 67.6 Å². The summed E-state index contributed by atoms with van der Waals surface area (Å²) in [5.74, 6) is 0.859. The minimum Gasteiger partial charge on any atom is -0.365 e. The Balaban J connectivity index is 1.85. The number of carbonyl (C=O) groups excluding carboxylic acids is 1. The summed E-state index contributed by atoms with van der Waals surface area (Å²) in [4.78, 5) is 19.9. The highest BCUT2D eigenvalue weighted by Crippen LogP contribution is 2.43. The number of hydrogen-bond donors (Lipinski definition) is 1. The number of primary amides is 1. The highest BCUT2D eigenvalue weighted by atomic mass is 16.1. The molecule has 1 aliphatic carbocycles. The fourth-order valence-electron chi connectivity index (χ4n) is 5.27. The number of pyridine rings is 1. The number of benzene rings is 1. The smallest absolute Gasteiger partial charge is 0.252 e. The van der Waals surface area contributed by atoms with Crippen LogP contribution in [-0.4, -0.2) is 28.4 Å². The Morgan fingerprint density at radius 3 is 2.67 bits per heavy atom. The second-order valence-electron chi connectivity index (χ2n) is 9.51. The van der Waals surface area contributed by atoms with Crippen molar-refractivity contribution in [2.24, 2.45) is 17.1 Å². The number of imidazole rings is 1. The van der Waals surface area contributed by atoms with E-state index >= 15 is 0 Å². The van der Waals surface area contributed by atoms with Crippen molar-refractivity contribution in [1.82, 2.24) is 9.38 Å². The van der Waals surface area contributed by atoms with E-state index in [2.05, 4.69) is 35.3 Å². The Bertz CT molecular complexity index is 1210. The predicted molar refractivity (Wildman–Crippen MR) is 118 cm³/mol. The lowest BCUT2D eigenvalue weighted by Crippen LogP contribution is -2.37. The van der Waals surface area contributed by atoms with E-state index in [-0.39, 0.29) is 11.3 Å². The van der Waals surface area contributed by atoms with Gasteiger partial charge < -0.3 is 10.6 Å². The number of amides is 1. The van der Waals surface area contributed by atoms with Gasteiger partial charge in [0, 0.05) is 19.0 Å². The highest BCUT2D eigenvalue weighted by Gasteiger charge is 2.35. The van der Waals surface area contributed by atoms with E-state index < -0.39 is 5.91 Å². The van der Waals surface area contributed by atoms with Crippen LogP contribution in [-0.2, 0) is 12.8 Å². The maximum absolute atomic E-state index is 12.6. The lowest BCUT2D eigenvalue weighted by atomic mass is 9.73. The fourth-order valence-corrected chi connectivity index (χ4v) is 5.27. The van der Waals surface area contributed by atoms with Crippen molar-refractivity contribution in [3.05, 3.63) is 41.0 Å². The lowest BCUT2D eigenvalue weighted by molar-refractivity contribution is 0.0999. The van der Waals surface area contributed by atoms with Crippen LogP contribution in [0.3, 0.4) is 0 Å². The van der Waals surface area contributed by atoms with Crippen LogP contribution in [0.4, 0.5) is 5.82 Å². The van der Waals surface area contributed by atoms with Crippen LogP contribution >= 0.6 is 0 Å². The number of nitrogens with zero attached hydrogens (tertiary/aromatic N) is 4. The number of nitriles is 1. The topological polar surface area (TPSA) is 87.4 Å². The number of anilines is 1. The molecule has 0 bridgehead atoms. The molecule has 1 aromatic carbocycles. The number of fused-ring (bicyclic) bond motifs is 4. The summed E-state index contributed by atoms with van der Waals surface area (Å²) in [6, 6.07) is 10.5. The molecular formula is C24H27N5O. The average molecular weight is 402 g/mol. The molecule has 6 nitrogen and oxygen atoms in total. The van der Waals surface area contributed by atoms with Gasteiger partial charge in [-0.15, -0.1) is 0 Å². The van der Waals surface area contributed by atoms with E-state index in [9.17, 15) is 10.1 Å². The second kappa shape index (κ2) is 6.73. The number of nitrogens with two attached hydrogens (primary N) is 1. The maximum Gasteiger partial charge on any atom is 0.252 e. The number of aromatic nitrogens is 2. The summed E-state index contributed by atoms with van der Waals surface area (Å²) >= 11 is 0. The third-order valence-electron chi connectivity index (χ3n) is 6.86. The molecule has 154 valence electrons. The Morgan fingerprint density at radius 2 is 1.97 bits per heavy atom. The van der Waals surface area contributed by atoms with Gasteiger partial charge in [-0.1, -0.05) is 26.0 Å². The number of para-hydroxylation sites is 2. The van der Waals surface area contributed by atoms with Gasteiger partial charge in [0.25, 0.3) is 5.91 Å². The Hall–Kier alpha value is -3.07. The molecule has 0 spiro atoms. The minimum atomic E-state index is -0.402. The first-order valence-electron chi connectivity index (χ1n) is 10.8. The standard InChI is InChI=1S/C24H27N5O/c1-24(2)10-7-16-17(13-24)23(28-11-8-15(14-25)9-12-28)29-19-6-4-3-5-18(19)27-22(29)20(16)21(26)30/h3-6,15H,7-13H2,1-2H3,(H2,26,30). The first kappa shape index (κ1) is 18.9. The molecule has 1 saturated heterocycles. The SMILES string of the molecule is CC1(C)CCc2c(c(N3CCC(C#N)CC3)n3c(nc4ccccc43)c2C(N)=O)C1. The molecule has 1 amide bonds. The van der Waals surface area contributed by atoms with E-state index in [1.54, 1.807) is 0 Å². The highest BCUT2D eigenvalue weighted by molar-refractivity contribution is 6.03. The van der Waals surface area contributed by atoms with Crippen LogP contribution in [0.15, 0.2) is 24.3 Å². The minimum absolute atomic E-state index is 0.119. The Morgan fingerprint density at radius 1 is 1.23 bits per heavy atom. The number of rotatable bonds is 2. The summed E-state index contributed by atoms with van der Waals surface area (Å²) < 4.78 is 2.16. The normalized spacial score (nSPS) is 19.0. The summed E-state index contributed by atoms with van der Waals surface area (Å²) in [6.07, 6.45) is 4.48. The van der Waals surface area contributed by atoms with Crippen molar-refractivity contribution in [2.75, 3.05) is 18.0 Å². The molecule has 3 aromatic rings. The molecule has 0 saturated carbocycles. The van der Waals surface area contributed by atoms with Crippen LogP contribution < -0.4 is 10.6 Å². The van der Waals surface area contributed by atoms with Crippen molar-refractivity contribution in [2.45, 2.75) is 46.0 Å². The van der Waals surface area contributed by atoms with Crippen molar-refractivity contribution in [3.63, 3.8) is 0 Å². The van der Waals surface area contributed by atoms with Gasteiger partial charge in [0.15, 0.2) is 5.65 Å². The molecule has 2 N–H and O–H groups in total. The summed E-state index contributed by atoms with van der Waals surface area (Å²) in [7, 11) is 0. The molecule has 5 rings (SSSR count). The number of carbonyl (C=O) groups is 1. The quantitative estimate of drug-likeness (QED) is 0.707. The van der Waals surface area contributed by atoms with Crippen molar-refractivity contribution in [3.8, 4) is 6.07 Å². The van der Waals surface area contributed by atoms with Crippen LogP contribution in [0.5, 0.6) is 0 Å². The number of hydrogen-bond acceptors (Lipinski definition) is 4.